The summed E-state index contributed by atoms with van der Waals surface area (Å²) in [5.74, 6) is -0.883. The molecule has 0 aliphatic rings. The highest BCUT2D eigenvalue weighted by atomic mass is 32.2. The summed E-state index contributed by atoms with van der Waals surface area (Å²) in [6.07, 6.45) is 3.29. The van der Waals surface area contributed by atoms with Crippen LogP contribution in [0.3, 0.4) is 0 Å². The molecular formula is C12H11N3O2S. The predicted molar refractivity (Wildman–Crippen MR) is 68.2 cm³/mol. The molecule has 0 aliphatic carbocycles. The lowest BCUT2D eigenvalue weighted by Crippen LogP contribution is -2.12. The fourth-order valence-corrected chi connectivity index (χ4v) is 1.95. The molecule has 0 spiro atoms. The normalized spacial score (nSPS) is 12.1. The van der Waals surface area contributed by atoms with E-state index in [0.717, 1.165) is 17.5 Å². The highest BCUT2D eigenvalue weighted by molar-refractivity contribution is 8.00. The van der Waals surface area contributed by atoms with Crippen molar-refractivity contribution in [2.45, 2.75) is 17.3 Å². The Labute approximate surface area is 108 Å². The minimum atomic E-state index is -0.883. The molecule has 0 saturated carbocycles. The maximum Gasteiger partial charge on any atom is 0.316 e. The van der Waals surface area contributed by atoms with Gasteiger partial charge in [0.25, 0.3) is 0 Å². The molecule has 1 atom stereocenters. The number of pyridine rings is 1. The summed E-state index contributed by atoms with van der Waals surface area (Å²) in [6.45, 7) is 1.60. The van der Waals surface area contributed by atoms with E-state index in [2.05, 4.69) is 15.0 Å². The van der Waals surface area contributed by atoms with Crippen LogP contribution in [0.1, 0.15) is 6.92 Å². The Balaban J connectivity index is 2.23. The van der Waals surface area contributed by atoms with Crippen molar-refractivity contribution in [2.24, 2.45) is 0 Å². The van der Waals surface area contributed by atoms with Gasteiger partial charge in [0.2, 0.25) is 0 Å². The minimum Gasteiger partial charge on any atom is -0.480 e. The highest BCUT2D eigenvalue weighted by Crippen LogP contribution is 2.21. The fraction of sp³-hybridized carbons (Fsp3) is 0.167. The van der Waals surface area contributed by atoms with Crippen LogP contribution in [0.15, 0.2) is 41.8 Å². The first-order chi connectivity index (χ1) is 8.66. The Hall–Kier alpha value is -1.95. The van der Waals surface area contributed by atoms with Crippen LogP contribution in [-0.2, 0) is 4.79 Å². The van der Waals surface area contributed by atoms with Crippen LogP contribution in [0, 0.1) is 0 Å². The topological polar surface area (TPSA) is 76.0 Å². The number of carbonyl (C=O) groups is 1. The molecule has 0 radical (unpaired) electrons. The van der Waals surface area contributed by atoms with Gasteiger partial charge in [0.15, 0.2) is 5.16 Å². The number of aromatic nitrogens is 3. The van der Waals surface area contributed by atoms with E-state index in [1.165, 1.54) is 0 Å². The first-order valence-corrected chi connectivity index (χ1v) is 6.18. The SMILES string of the molecule is CC(Sc1nccc(-c2ccccn2)n1)C(=O)O. The molecule has 0 aliphatic heterocycles. The van der Waals surface area contributed by atoms with Gasteiger partial charge in [0.1, 0.15) is 5.25 Å². The van der Waals surface area contributed by atoms with Gasteiger partial charge >= 0.3 is 5.97 Å². The number of hydrogen-bond acceptors (Lipinski definition) is 5. The van der Waals surface area contributed by atoms with Crippen molar-refractivity contribution < 1.29 is 9.90 Å². The van der Waals surface area contributed by atoms with E-state index in [9.17, 15) is 4.79 Å². The number of hydrogen-bond donors (Lipinski definition) is 1. The Morgan fingerprint density at radius 1 is 1.22 bits per heavy atom. The summed E-state index contributed by atoms with van der Waals surface area (Å²) >= 11 is 1.11. The largest absolute Gasteiger partial charge is 0.480 e. The van der Waals surface area contributed by atoms with Crippen LogP contribution >= 0.6 is 11.8 Å². The maximum absolute atomic E-state index is 10.8. The van der Waals surface area contributed by atoms with Gasteiger partial charge in [-0.25, -0.2) is 9.97 Å². The van der Waals surface area contributed by atoms with Crippen molar-refractivity contribution in [3.05, 3.63) is 36.7 Å². The summed E-state index contributed by atoms with van der Waals surface area (Å²) in [6, 6.07) is 7.29. The highest BCUT2D eigenvalue weighted by Gasteiger charge is 2.14. The lowest BCUT2D eigenvalue weighted by molar-refractivity contribution is -0.136. The number of aliphatic carboxylic acids is 1. The summed E-state index contributed by atoms with van der Waals surface area (Å²) in [5.41, 5.74) is 1.43. The Morgan fingerprint density at radius 2 is 2.06 bits per heavy atom. The first kappa shape index (κ1) is 12.5. The van der Waals surface area contributed by atoms with Gasteiger partial charge in [0.05, 0.1) is 11.4 Å². The molecule has 0 bridgehead atoms. The quantitative estimate of drug-likeness (QED) is 0.671. The molecule has 0 saturated heterocycles. The molecule has 5 nitrogen and oxygen atoms in total. The van der Waals surface area contributed by atoms with Crippen LogP contribution in [-0.4, -0.2) is 31.3 Å². The molecular weight excluding hydrogens is 250 g/mol. The van der Waals surface area contributed by atoms with E-state index in [1.54, 1.807) is 25.4 Å². The van der Waals surface area contributed by atoms with E-state index in [4.69, 9.17) is 5.11 Å². The van der Waals surface area contributed by atoms with Gasteiger partial charge in [-0.15, -0.1) is 0 Å². The van der Waals surface area contributed by atoms with Crippen molar-refractivity contribution in [1.82, 2.24) is 15.0 Å². The van der Waals surface area contributed by atoms with Crippen LogP contribution in [0.5, 0.6) is 0 Å². The molecule has 0 aromatic carbocycles. The van der Waals surface area contributed by atoms with Gasteiger partial charge in [0, 0.05) is 12.4 Å². The third kappa shape index (κ3) is 3.04. The molecule has 0 fully saturated rings. The van der Waals surface area contributed by atoms with Crippen molar-refractivity contribution in [1.29, 1.82) is 0 Å². The molecule has 18 heavy (non-hydrogen) atoms. The van der Waals surface area contributed by atoms with Crippen molar-refractivity contribution in [3.63, 3.8) is 0 Å². The number of thioether (sulfide) groups is 1. The molecule has 2 aromatic rings. The zero-order chi connectivity index (χ0) is 13.0. The minimum absolute atomic E-state index is 0.438. The van der Waals surface area contributed by atoms with Gasteiger partial charge < -0.3 is 5.11 Å². The van der Waals surface area contributed by atoms with E-state index >= 15 is 0 Å². The second-order valence-corrected chi connectivity index (χ2v) is 4.85. The molecule has 2 aromatic heterocycles. The zero-order valence-electron chi connectivity index (χ0n) is 9.65. The molecule has 1 N–H and O–H groups in total. The van der Waals surface area contributed by atoms with Gasteiger partial charge in [-0.05, 0) is 25.1 Å². The molecule has 2 rings (SSSR count). The summed E-state index contributed by atoms with van der Waals surface area (Å²) in [4.78, 5) is 23.3. The smallest absolute Gasteiger partial charge is 0.316 e. The van der Waals surface area contributed by atoms with Crippen LogP contribution in [0.4, 0.5) is 0 Å². The van der Waals surface area contributed by atoms with Crippen LogP contribution in [0.25, 0.3) is 11.4 Å². The van der Waals surface area contributed by atoms with E-state index in [-0.39, 0.29) is 0 Å². The van der Waals surface area contributed by atoms with Gasteiger partial charge in [-0.2, -0.15) is 0 Å². The second kappa shape index (κ2) is 5.59. The molecule has 0 amide bonds. The van der Waals surface area contributed by atoms with Crippen molar-refractivity contribution in [3.8, 4) is 11.4 Å². The average molecular weight is 261 g/mol. The molecule has 92 valence electrons. The Bertz CT molecular complexity index is 548. The number of rotatable bonds is 4. The van der Waals surface area contributed by atoms with Gasteiger partial charge in [-0.3, -0.25) is 9.78 Å². The summed E-state index contributed by atoms with van der Waals surface area (Å²) < 4.78 is 0. The van der Waals surface area contributed by atoms with Crippen molar-refractivity contribution in [2.75, 3.05) is 0 Å². The number of nitrogens with zero attached hydrogens (tertiary/aromatic N) is 3. The predicted octanol–water partition coefficient (Wildman–Crippen LogP) is 2.10. The third-order valence-corrected chi connectivity index (χ3v) is 3.15. The first-order valence-electron chi connectivity index (χ1n) is 5.31. The standard InChI is InChI=1S/C12H11N3O2S/c1-8(11(16)17)18-12-14-7-5-10(15-12)9-4-2-3-6-13-9/h2-8H,1H3,(H,16,17). The molecule has 2 heterocycles. The lowest BCUT2D eigenvalue weighted by atomic mass is 10.3. The zero-order valence-corrected chi connectivity index (χ0v) is 10.5. The fourth-order valence-electron chi connectivity index (χ4n) is 1.26. The third-order valence-electron chi connectivity index (χ3n) is 2.19. The van der Waals surface area contributed by atoms with Crippen LogP contribution in [0.2, 0.25) is 0 Å². The number of carboxylic acid groups (broad SMARTS) is 1. The average Bonchev–Trinajstić information content (AvgIpc) is 2.40. The van der Waals surface area contributed by atoms with E-state index in [1.807, 2.05) is 18.2 Å². The summed E-state index contributed by atoms with van der Waals surface area (Å²) in [7, 11) is 0. The van der Waals surface area contributed by atoms with Crippen LogP contribution < -0.4 is 0 Å². The second-order valence-electron chi connectivity index (χ2n) is 3.54. The van der Waals surface area contributed by atoms with E-state index < -0.39 is 11.2 Å². The summed E-state index contributed by atoms with van der Waals surface area (Å²) in [5, 5.41) is 8.70. The van der Waals surface area contributed by atoms with E-state index in [0.29, 0.717) is 10.9 Å². The monoisotopic (exact) mass is 261 g/mol. The molecule has 6 heteroatoms. The maximum atomic E-state index is 10.8. The Morgan fingerprint density at radius 3 is 2.72 bits per heavy atom. The Kier molecular flexibility index (Phi) is 3.88. The number of carboxylic acids is 1. The lowest BCUT2D eigenvalue weighted by Gasteiger charge is -2.05. The van der Waals surface area contributed by atoms with Gasteiger partial charge in [-0.1, -0.05) is 17.8 Å². The molecule has 1 unspecified atom stereocenters. The van der Waals surface area contributed by atoms with Crippen molar-refractivity contribution >= 4 is 17.7 Å².